The predicted octanol–water partition coefficient (Wildman–Crippen LogP) is 2.31. The summed E-state index contributed by atoms with van der Waals surface area (Å²) in [7, 11) is 1.67. The average molecular weight is 206 g/mol. The van der Waals surface area contributed by atoms with Gasteiger partial charge in [0.05, 0.1) is 19.8 Å². The number of benzene rings is 1. The van der Waals surface area contributed by atoms with Crippen LogP contribution >= 0.6 is 0 Å². The van der Waals surface area contributed by atoms with Crippen LogP contribution in [0.4, 0.5) is 0 Å². The lowest BCUT2D eigenvalue weighted by Gasteiger charge is -2.30. The third kappa shape index (κ3) is 1.30. The molecule has 3 rings (SSSR count). The molecule has 2 unspecified atom stereocenters. The number of rotatable bonds is 1. The SMILES string of the molecule is COc1ccc2c(c1)C1CC(C)(CO1)O2. The molecule has 3 nitrogen and oxygen atoms in total. The predicted molar refractivity (Wildman–Crippen MR) is 55.3 cm³/mol. The van der Waals surface area contributed by atoms with Crippen molar-refractivity contribution < 1.29 is 14.2 Å². The molecule has 15 heavy (non-hydrogen) atoms. The highest BCUT2D eigenvalue weighted by Gasteiger charge is 2.44. The highest BCUT2D eigenvalue weighted by molar-refractivity contribution is 5.44. The maximum atomic E-state index is 5.93. The summed E-state index contributed by atoms with van der Waals surface area (Å²) >= 11 is 0. The average Bonchev–Trinajstić information content (AvgIpc) is 2.56. The Hall–Kier alpha value is -1.22. The van der Waals surface area contributed by atoms with E-state index < -0.39 is 0 Å². The zero-order valence-electron chi connectivity index (χ0n) is 8.95. The third-order valence-electron chi connectivity index (χ3n) is 3.13. The first-order valence-corrected chi connectivity index (χ1v) is 5.19. The molecule has 2 heterocycles. The van der Waals surface area contributed by atoms with Gasteiger partial charge >= 0.3 is 0 Å². The minimum absolute atomic E-state index is 0.133. The lowest BCUT2D eigenvalue weighted by Crippen LogP contribution is -2.34. The van der Waals surface area contributed by atoms with E-state index in [1.165, 1.54) is 0 Å². The monoisotopic (exact) mass is 206 g/mol. The first kappa shape index (κ1) is 9.04. The van der Waals surface area contributed by atoms with Gasteiger partial charge in [0.25, 0.3) is 0 Å². The third-order valence-corrected chi connectivity index (χ3v) is 3.13. The molecule has 2 aliphatic rings. The Morgan fingerprint density at radius 2 is 2.33 bits per heavy atom. The quantitative estimate of drug-likeness (QED) is 0.705. The Bertz CT molecular complexity index is 402. The normalized spacial score (nSPS) is 32.0. The molecule has 2 atom stereocenters. The van der Waals surface area contributed by atoms with Crippen LogP contribution in [0.25, 0.3) is 0 Å². The largest absolute Gasteiger partial charge is 0.497 e. The summed E-state index contributed by atoms with van der Waals surface area (Å²) < 4.78 is 16.9. The lowest BCUT2D eigenvalue weighted by atomic mass is 9.94. The minimum atomic E-state index is -0.133. The smallest absolute Gasteiger partial charge is 0.132 e. The van der Waals surface area contributed by atoms with Crippen molar-refractivity contribution in [2.75, 3.05) is 13.7 Å². The van der Waals surface area contributed by atoms with Crippen LogP contribution in [0.3, 0.4) is 0 Å². The molecular formula is C12H14O3. The molecule has 2 aliphatic heterocycles. The van der Waals surface area contributed by atoms with Gasteiger partial charge in [-0.3, -0.25) is 0 Å². The number of methoxy groups -OCH3 is 1. The molecule has 0 aliphatic carbocycles. The molecule has 1 aromatic carbocycles. The van der Waals surface area contributed by atoms with Gasteiger partial charge in [0.2, 0.25) is 0 Å². The van der Waals surface area contributed by atoms with Gasteiger partial charge in [-0.25, -0.2) is 0 Å². The maximum absolute atomic E-state index is 5.93. The molecule has 0 aromatic heterocycles. The molecule has 2 bridgehead atoms. The Labute approximate surface area is 89.0 Å². The van der Waals surface area contributed by atoms with Crippen LogP contribution in [0.1, 0.15) is 25.0 Å². The molecule has 0 N–H and O–H groups in total. The Balaban J connectivity index is 2.07. The van der Waals surface area contributed by atoms with Crippen molar-refractivity contribution in [3.05, 3.63) is 23.8 Å². The number of hydrogen-bond donors (Lipinski definition) is 0. The van der Waals surface area contributed by atoms with Crippen LogP contribution in [-0.4, -0.2) is 19.3 Å². The van der Waals surface area contributed by atoms with E-state index in [1.807, 2.05) is 18.2 Å². The van der Waals surface area contributed by atoms with Gasteiger partial charge in [-0.15, -0.1) is 0 Å². The van der Waals surface area contributed by atoms with Gasteiger partial charge < -0.3 is 14.2 Å². The van der Waals surface area contributed by atoms with E-state index in [0.717, 1.165) is 23.5 Å². The number of ether oxygens (including phenoxy) is 3. The van der Waals surface area contributed by atoms with Crippen LogP contribution in [-0.2, 0) is 4.74 Å². The van der Waals surface area contributed by atoms with Crippen molar-refractivity contribution in [3.8, 4) is 11.5 Å². The van der Waals surface area contributed by atoms with Crippen molar-refractivity contribution in [1.82, 2.24) is 0 Å². The van der Waals surface area contributed by atoms with E-state index in [1.54, 1.807) is 7.11 Å². The fraction of sp³-hybridized carbons (Fsp3) is 0.500. The number of fused-ring (bicyclic) bond motifs is 4. The molecule has 80 valence electrons. The lowest BCUT2D eigenvalue weighted by molar-refractivity contribution is 0.0695. The summed E-state index contributed by atoms with van der Waals surface area (Å²) in [5, 5.41) is 0. The van der Waals surface area contributed by atoms with E-state index in [0.29, 0.717) is 6.61 Å². The van der Waals surface area contributed by atoms with Crippen LogP contribution in [0.15, 0.2) is 18.2 Å². The Morgan fingerprint density at radius 3 is 3.13 bits per heavy atom. The van der Waals surface area contributed by atoms with Gasteiger partial charge in [-0.05, 0) is 25.1 Å². The summed E-state index contributed by atoms with van der Waals surface area (Å²) in [5.74, 6) is 1.79. The molecule has 0 amide bonds. The van der Waals surface area contributed by atoms with Crippen LogP contribution < -0.4 is 9.47 Å². The van der Waals surface area contributed by atoms with Crippen molar-refractivity contribution in [1.29, 1.82) is 0 Å². The zero-order valence-corrected chi connectivity index (χ0v) is 8.95. The first-order valence-electron chi connectivity index (χ1n) is 5.19. The molecule has 0 saturated carbocycles. The fourth-order valence-corrected chi connectivity index (χ4v) is 2.32. The second-order valence-corrected chi connectivity index (χ2v) is 4.46. The summed E-state index contributed by atoms with van der Waals surface area (Å²) in [6.07, 6.45) is 1.11. The zero-order chi connectivity index (χ0) is 10.5. The second-order valence-electron chi connectivity index (χ2n) is 4.46. The summed E-state index contributed by atoms with van der Waals surface area (Å²) in [5.41, 5.74) is 0.982. The molecule has 1 aromatic rings. The van der Waals surface area contributed by atoms with Crippen molar-refractivity contribution in [2.24, 2.45) is 0 Å². The molecule has 1 fully saturated rings. The van der Waals surface area contributed by atoms with Crippen LogP contribution in [0, 0.1) is 0 Å². The van der Waals surface area contributed by atoms with E-state index in [-0.39, 0.29) is 11.7 Å². The van der Waals surface area contributed by atoms with Gasteiger partial charge in [-0.1, -0.05) is 0 Å². The van der Waals surface area contributed by atoms with Crippen molar-refractivity contribution >= 4 is 0 Å². The Morgan fingerprint density at radius 1 is 1.47 bits per heavy atom. The van der Waals surface area contributed by atoms with Crippen molar-refractivity contribution in [3.63, 3.8) is 0 Å². The van der Waals surface area contributed by atoms with E-state index >= 15 is 0 Å². The fourth-order valence-electron chi connectivity index (χ4n) is 2.32. The van der Waals surface area contributed by atoms with Gasteiger partial charge in [0.15, 0.2) is 0 Å². The molecule has 1 saturated heterocycles. The highest BCUT2D eigenvalue weighted by Crippen LogP contribution is 2.47. The van der Waals surface area contributed by atoms with Gasteiger partial charge in [-0.2, -0.15) is 0 Å². The van der Waals surface area contributed by atoms with Gasteiger partial charge in [0, 0.05) is 12.0 Å². The van der Waals surface area contributed by atoms with Gasteiger partial charge in [0.1, 0.15) is 17.1 Å². The van der Waals surface area contributed by atoms with E-state index in [9.17, 15) is 0 Å². The summed E-state index contributed by atoms with van der Waals surface area (Å²) in [4.78, 5) is 0. The Kier molecular flexibility index (Phi) is 1.74. The second kappa shape index (κ2) is 2.89. The molecule has 0 spiro atoms. The standard InChI is InChI=1S/C12H14O3/c1-12-6-11(14-7-12)9-5-8(13-2)3-4-10(9)15-12/h3-5,11H,6-7H2,1-2H3. The minimum Gasteiger partial charge on any atom is -0.497 e. The van der Waals surface area contributed by atoms with Crippen molar-refractivity contribution in [2.45, 2.75) is 25.0 Å². The van der Waals surface area contributed by atoms with E-state index in [2.05, 4.69) is 6.92 Å². The molecular weight excluding hydrogens is 192 g/mol. The van der Waals surface area contributed by atoms with Crippen LogP contribution in [0.2, 0.25) is 0 Å². The topological polar surface area (TPSA) is 27.7 Å². The first-order chi connectivity index (χ1) is 7.20. The molecule has 0 radical (unpaired) electrons. The number of hydrogen-bond acceptors (Lipinski definition) is 3. The summed E-state index contributed by atoms with van der Waals surface area (Å²) in [6.45, 7) is 2.77. The molecule has 3 heteroatoms. The van der Waals surface area contributed by atoms with E-state index in [4.69, 9.17) is 14.2 Å². The highest BCUT2D eigenvalue weighted by atomic mass is 16.6. The maximum Gasteiger partial charge on any atom is 0.132 e. The van der Waals surface area contributed by atoms with Crippen LogP contribution in [0.5, 0.6) is 11.5 Å². The summed E-state index contributed by atoms with van der Waals surface area (Å²) in [6, 6.07) is 5.89.